The molecular formula is C16H12N2O. The zero-order valence-electron chi connectivity index (χ0n) is 10.3. The van der Waals surface area contributed by atoms with Crippen molar-refractivity contribution < 1.29 is 4.79 Å². The highest BCUT2D eigenvalue weighted by Gasteiger charge is 2.08. The molecule has 0 aliphatic heterocycles. The molecule has 0 unspecified atom stereocenters. The summed E-state index contributed by atoms with van der Waals surface area (Å²) in [6.45, 7) is 0. The standard InChI is InChI=1S/C16H12N2O/c19-16(8-12-4-3-7-17-10-12)14-9-13-5-1-2-6-15(13)18-11-14/h1-7,9-11H,8H2. The molecule has 3 heteroatoms. The summed E-state index contributed by atoms with van der Waals surface area (Å²) in [5.41, 5.74) is 2.46. The number of hydrogen-bond acceptors (Lipinski definition) is 3. The van der Waals surface area contributed by atoms with Gasteiger partial charge in [-0.15, -0.1) is 0 Å². The largest absolute Gasteiger partial charge is 0.294 e. The van der Waals surface area contributed by atoms with Crippen molar-refractivity contribution in [1.82, 2.24) is 9.97 Å². The van der Waals surface area contributed by atoms with Crippen LogP contribution in [-0.2, 0) is 6.42 Å². The second-order valence-corrected chi connectivity index (χ2v) is 4.38. The Morgan fingerprint density at radius 2 is 1.95 bits per heavy atom. The minimum atomic E-state index is 0.0613. The van der Waals surface area contributed by atoms with Crippen LogP contribution in [0, 0.1) is 0 Å². The van der Waals surface area contributed by atoms with E-state index < -0.39 is 0 Å². The van der Waals surface area contributed by atoms with Gasteiger partial charge in [0, 0.05) is 36.0 Å². The second-order valence-electron chi connectivity index (χ2n) is 4.38. The first kappa shape index (κ1) is 11.5. The summed E-state index contributed by atoms with van der Waals surface area (Å²) in [4.78, 5) is 20.5. The predicted molar refractivity (Wildman–Crippen MR) is 74.0 cm³/mol. The molecule has 92 valence electrons. The summed E-state index contributed by atoms with van der Waals surface area (Å²) in [6.07, 6.45) is 5.41. The average Bonchev–Trinajstić information content (AvgIpc) is 2.48. The Morgan fingerprint density at radius 3 is 2.79 bits per heavy atom. The van der Waals surface area contributed by atoms with Crippen molar-refractivity contribution in [3.8, 4) is 0 Å². The van der Waals surface area contributed by atoms with E-state index in [4.69, 9.17) is 0 Å². The van der Waals surface area contributed by atoms with E-state index in [-0.39, 0.29) is 5.78 Å². The van der Waals surface area contributed by atoms with Gasteiger partial charge in [0.25, 0.3) is 0 Å². The normalized spacial score (nSPS) is 10.5. The van der Waals surface area contributed by atoms with Gasteiger partial charge in [0.05, 0.1) is 5.52 Å². The van der Waals surface area contributed by atoms with E-state index in [1.54, 1.807) is 18.6 Å². The lowest BCUT2D eigenvalue weighted by Gasteiger charge is -2.02. The number of ketones is 1. The van der Waals surface area contributed by atoms with Crippen molar-refractivity contribution in [2.24, 2.45) is 0 Å². The Labute approximate surface area is 111 Å². The summed E-state index contributed by atoms with van der Waals surface area (Å²) in [5.74, 6) is 0.0613. The zero-order chi connectivity index (χ0) is 13.1. The molecule has 0 fully saturated rings. The summed E-state index contributed by atoms with van der Waals surface area (Å²) in [7, 11) is 0. The molecule has 19 heavy (non-hydrogen) atoms. The molecule has 0 saturated heterocycles. The summed E-state index contributed by atoms with van der Waals surface area (Å²) < 4.78 is 0. The number of nitrogens with zero attached hydrogens (tertiary/aromatic N) is 2. The first-order valence-electron chi connectivity index (χ1n) is 6.10. The monoisotopic (exact) mass is 248 g/mol. The van der Waals surface area contributed by atoms with Crippen molar-refractivity contribution in [3.63, 3.8) is 0 Å². The van der Waals surface area contributed by atoms with Crippen molar-refractivity contribution >= 4 is 16.7 Å². The van der Waals surface area contributed by atoms with Gasteiger partial charge in [-0.05, 0) is 23.8 Å². The highest BCUT2D eigenvalue weighted by molar-refractivity contribution is 5.99. The Morgan fingerprint density at radius 1 is 1.05 bits per heavy atom. The molecule has 0 aliphatic rings. The van der Waals surface area contributed by atoms with Crippen molar-refractivity contribution in [2.45, 2.75) is 6.42 Å². The van der Waals surface area contributed by atoms with Gasteiger partial charge in [-0.3, -0.25) is 14.8 Å². The lowest BCUT2D eigenvalue weighted by molar-refractivity contribution is 0.0992. The number of Topliss-reactive ketones (excluding diaryl/α,β-unsaturated/α-hetero) is 1. The van der Waals surface area contributed by atoms with E-state index in [1.807, 2.05) is 42.5 Å². The van der Waals surface area contributed by atoms with Gasteiger partial charge in [-0.2, -0.15) is 0 Å². The van der Waals surface area contributed by atoms with Gasteiger partial charge in [0.1, 0.15) is 0 Å². The maximum absolute atomic E-state index is 12.2. The van der Waals surface area contributed by atoms with Crippen LogP contribution in [0.15, 0.2) is 61.1 Å². The van der Waals surface area contributed by atoms with Crippen LogP contribution in [0.25, 0.3) is 10.9 Å². The Kier molecular flexibility index (Phi) is 3.02. The third kappa shape index (κ3) is 2.50. The minimum Gasteiger partial charge on any atom is -0.294 e. The average molecular weight is 248 g/mol. The first-order chi connectivity index (χ1) is 9.33. The minimum absolute atomic E-state index is 0.0613. The van der Waals surface area contributed by atoms with Crippen LogP contribution in [0.4, 0.5) is 0 Å². The van der Waals surface area contributed by atoms with Crippen LogP contribution in [0.2, 0.25) is 0 Å². The Balaban J connectivity index is 1.89. The van der Waals surface area contributed by atoms with Crippen molar-refractivity contribution in [1.29, 1.82) is 0 Å². The highest BCUT2D eigenvalue weighted by Crippen LogP contribution is 2.14. The maximum Gasteiger partial charge on any atom is 0.168 e. The number of pyridine rings is 2. The molecule has 0 radical (unpaired) electrons. The fourth-order valence-electron chi connectivity index (χ4n) is 2.01. The molecule has 0 aliphatic carbocycles. The fraction of sp³-hybridized carbons (Fsp3) is 0.0625. The van der Waals surface area contributed by atoms with Gasteiger partial charge < -0.3 is 0 Å². The number of rotatable bonds is 3. The molecule has 1 aromatic carbocycles. The van der Waals surface area contributed by atoms with Crippen LogP contribution < -0.4 is 0 Å². The topological polar surface area (TPSA) is 42.9 Å². The number of benzene rings is 1. The SMILES string of the molecule is O=C(Cc1cccnc1)c1cnc2ccccc2c1. The van der Waals surface area contributed by atoms with Crippen LogP contribution in [0.3, 0.4) is 0 Å². The van der Waals surface area contributed by atoms with Gasteiger partial charge >= 0.3 is 0 Å². The van der Waals surface area contributed by atoms with Crippen LogP contribution in [0.1, 0.15) is 15.9 Å². The lowest BCUT2D eigenvalue weighted by Crippen LogP contribution is -2.04. The highest BCUT2D eigenvalue weighted by atomic mass is 16.1. The number of fused-ring (bicyclic) bond motifs is 1. The van der Waals surface area contributed by atoms with Gasteiger partial charge in [-0.1, -0.05) is 24.3 Å². The smallest absolute Gasteiger partial charge is 0.168 e. The van der Waals surface area contributed by atoms with E-state index >= 15 is 0 Å². The summed E-state index contributed by atoms with van der Waals surface area (Å²) in [6, 6.07) is 13.4. The van der Waals surface area contributed by atoms with E-state index in [9.17, 15) is 4.79 Å². The number of carbonyl (C=O) groups is 1. The van der Waals surface area contributed by atoms with Gasteiger partial charge in [0.15, 0.2) is 5.78 Å². The number of aromatic nitrogens is 2. The summed E-state index contributed by atoms with van der Waals surface area (Å²) in [5, 5.41) is 0.986. The molecule has 0 N–H and O–H groups in total. The predicted octanol–water partition coefficient (Wildman–Crippen LogP) is 3.06. The maximum atomic E-state index is 12.2. The van der Waals surface area contributed by atoms with Crippen LogP contribution >= 0.6 is 0 Å². The molecule has 3 nitrogen and oxygen atoms in total. The second kappa shape index (κ2) is 4.98. The Bertz CT molecular complexity index is 723. The lowest BCUT2D eigenvalue weighted by atomic mass is 10.0. The van der Waals surface area contributed by atoms with Crippen molar-refractivity contribution in [2.75, 3.05) is 0 Å². The quantitative estimate of drug-likeness (QED) is 0.669. The van der Waals surface area contributed by atoms with Crippen molar-refractivity contribution in [3.05, 3.63) is 72.2 Å². The molecule has 0 saturated carbocycles. The molecule has 2 aromatic heterocycles. The third-order valence-electron chi connectivity index (χ3n) is 3.00. The number of para-hydroxylation sites is 1. The zero-order valence-corrected chi connectivity index (χ0v) is 10.3. The molecule has 3 aromatic rings. The van der Waals surface area contributed by atoms with E-state index in [0.29, 0.717) is 12.0 Å². The molecule has 2 heterocycles. The van der Waals surface area contributed by atoms with E-state index in [0.717, 1.165) is 16.5 Å². The van der Waals surface area contributed by atoms with Crippen LogP contribution in [0.5, 0.6) is 0 Å². The first-order valence-corrected chi connectivity index (χ1v) is 6.10. The van der Waals surface area contributed by atoms with Gasteiger partial charge in [0.2, 0.25) is 0 Å². The van der Waals surface area contributed by atoms with E-state index in [2.05, 4.69) is 9.97 Å². The molecule has 3 rings (SSSR count). The van der Waals surface area contributed by atoms with Gasteiger partial charge in [-0.25, -0.2) is 0 Å². The number of hydrogen-bond donors (Lipinski definition) is 0. The molecule has 0 atom stereocenters. The third-order valence-corrected chi connectivity index (χ3v) is 3.00. The molecule has 0 spiro atoms. The summed E-state index contributed by atoms with van der Waals surface area (Å²) >= 11 is 0. The Hall–Kier alpha value is -2.55. The fourth-order valence-corrected chi connectivity index (χ4v) is 2.01. The molecule has 0 bridgehead atoms. The molecule has 0 amide bonds. The molecular weight excluding hydrogens is 236 g/mol. The van der Waals surface area contributed by atoms with Crippen LogP contribution in [-0.4, -0.2) is 15.8 Å². The van der Waals surface area contributed by atoms with E-state index in [1.165, 1.54) is 0 Å². The number of carbonyl (C=O) groups excluding carboxylic acids is 1.